The van der Waals surface area contributed by atoms with Gasteiger partial charge in [0.1, 0.15) is 0 Å². The van der Waals surface area contributed by atoms with E-state index in [1.54, 1.807) is 11.3 Å². The zero-order chi connectivity index (χ0) is 17.6. The summed E-state index contributed by atoms with van der Waals surface area (Å²) >= 11 is 1.65. The minimum Gasteiger partial charge on any atom is -0.357 e. The Kier molecular flexibility index (Phi) is 9.47. The van der Waals surface area contributed by atoms with Crippen LogP contribution in [0.1, 0.15) is 42.5 Å². The lowest BCUT2D eigenvalue weighted by Gasteiger charge is -2.31. The van der Waals surface area contributed by atoms with Gasteiger partial charge in [-0.1, -0.05) is 6.42 Å². The number of hydrogen-bond acceptors (Lipinski definition) is 3. The van der Waals surface area contributed by atoms with Crippen molar-refractivity contribution < 1.29 is 13.2 Å². The third-order valence-electron chi connectivity index (χ3n) is 4.09. The maximum atomic E-state index is 12.9. The van der Waals surface area contributed by atoms with Crippen LogP contribution in [-0.2, 0) is 6.42 Å². The van der Waals surface area contributed by atoms with Crippen molar-refractivity contribution in [3.05, 3.63) is 16.1 Å². The fourth-order valence-corrected chi connectivity index (χ4v) is 3.69. The molecule has 1 aromatic heterocycles. The van der Waals surface area contributed by atoms with Crippen molar-refractivity contribution in [2.45, 2.75) is 58.2 Å². The topological polar surface area (TPSA) is 49.3 Å². The Bertz CT molecular complexity index is 548. The van der Waals surface area contributed by atoms with Gasteiger partial charge in [-0.05, 0) is 33.1 Å². The van der Waals surface area contributed by atoms with Gasteiger partial charge in [0.2, 0.25) is 0 Å². The Morgan fingerprint density at radius 1 is 1.40 bits per heavy atom. The van der Waals surface area contributed by atoms with Crippen LogP contribution < -0.4 is 10.6 Å². The molecule has 0 saturated heterocycles. The molecule has 144 valence electrons. The van der Waals surface area contributed by atoms with Crippen LogP contribution in [0.5, 0.6) is 0 Å². The molecule has 0 amide bonds. The molecule has 1 heterocycles. The molecule has 0 radical (unpaired) electrons. The SMILES string of the molecule is CCNC(=NCCc1ncc(C)s1)NC1CCCC(C(F)(F)F)C1.I. The quantitative estimate of drug-likeness (QED) is 0.368. The molecule has 0 aromatic carbocycles. The molecule has 0 spiro atoms. The standard InChI is InChI=1S/C16H25F3N4S.HI/c1-3-20-15(21-8-7-14-22-10-11(2)24-14)23-13-6-4-5-12(9-13)16(17,18)19;/h10,12-13H,3-9H2,1-2H3,(H2,20,21,23);1H. The van der Waals surface area contributed by atoms with Crippen molar-refractivity contribution in [2.75, 3.05) is 13.1 Å². The Labute approximate surface area is 168 Å². The first-order valence-corrected chi connectivity index (χ1v) is 9.23. The minimum absolute atomic E-state index is 0. The van der Waals surface area contributed by atoms with Gasteiger partial charge in [0, 0.05) is 36.6 Å². The van der Waals surface area contributed by atoms with E-state index in [0.717, 1.165) is 17.8 Å². The molecule has 1 saturated carbocycles. The zero-order valence-corrected chi connectivity index (χ0v) is 17.7. The highest BCUT2D eigenvalue weighted by Gasteiger charge is 2.42. The van der Waals surface area contributed by atoms with Gasteiger partial charge in [-0.3, -0.25) is 4.99 Å². The highest BCUT2D eigenvalue weighted by Crippen LogP contribution is 2.37. The molecule has 0 bridgehead atoms. The van der Waals surface area contributed by atoms with Crippen molar-refractivity contribution in [3.8, 4) is 0 Å². The van der Waals surface area contributed by atoms with E-state index in [-0.39, 0.29) is 42.9 Å². The van der Waals surface area contributed by atoms with Crippen LogP contribution in [0.4, 0.5) is 13.2 Å². The smallest absolute Gasteiger partial charge is 0.357 e. The molecule has 1 aliphatic rings. The molecule has 1 fully saturated rings. The first-order valence-electron chi connectivity index (χ1n) is 8.41. The molecule has 9 heteroatoms. The van der Waals surface area contributed by atoms with Gasteiger partial charge in [0.25, 0.3) is 0 Å². The third-order valence-corrected chi connectivity index (χ3v) is 5.06. The third kappa shape index (κ3) is 7.67. The van der Waals surface area contributed by atoms with E-state index in [4.69, 9.17) is 0 Å². The number of hydrogen-bond donors (Lipinski definition) is 2. The second-order valence-electron chi connectivity index (χ2n) is 6.12. The van der Waals surface area contributed by atoms with Gasteiger partial charge < -0.3 is 10.6 Å². The van der Waals surface area contributed by atoms with Gasteiger partial charge in [0.15, 0.2) is 5.96 Å². The van der Waals surface area contributed by atoms with Crippen LogP contribution in [-0.4, -0.2) is 36.3 Å². The highest BCUT2D eigenvalue weighted by molar-refractivity contribution is 14.0. The van der Waals surface area contributed by atoms with Crippen molar-refractivity contribution in [2.24, 2.45) is 10.9 Å². The van der Waals surface area contributed by atoms with Crippen molar-refractivity contribution in [3.63, 3.8) is 0 Å². The molecule has 2 N–H and O–H groups in total. The second kappa shape index (κ2) is 10.5. The molecule has 25 heavy (non-hydrogen) atoms. The van der Waals surface area contributed by atoms with E-state index in [2.05, 4.69) is 20.6 Å². The predicted molar refractivity (Wildman–Crippen MR) is 107 cm³/mol. The number of guanidine groups is 1. The van der Waals surface area contributed by atoms with Gasteiger partial charge in [-0.25, -0.2) is 4.98 Å². The van der Waals surface area contributed by atoms with Gasteiger partial charge in [0.05, 0.1) is 10.9 Å². The average molecular weight is 490 g/mol. The molecular weight excluding hydrogens is 464 g/mol. The van der Waals surface area contributed by atoms with Crippen LogP contribution in [0.3, 0.4) is 0 Å². The maximum absolute atomic E-state index is 12.9. The molecule has 4 nitrogen and oxygen atoms in total. The van der Waals surface area contributed by atoms with Crippen molar-refractivity contribution >= 4 is 41.3 Å². The van der Waals surface area contributed by atoms with Crippen LogP contribution in [0.25, 0.3) is 0 Å². The summed E-state index contributed by atoms with van der Waals surface area (Å²) in [6.45, 7) is 5.20. The molecule has 1 aromatic rings. The normalized spacial score (nSPS) is 21.6. The summed E-state index contributed by atoms with van der Waals surface area (Å²) < 4.78 is 38.7. The monoisotopic (exact) mass is 490 g/mol. The summed E-state index contributed by atoms with van der Waals surface area (Å²) in [6, 6.07) is -0.176. The number of thiazole rings is 1. The average Bonchev–Trinajstić information content (AvgIpc) is 2.92. The van der Waals surface area contributed by atoms with E-state index in [0.29, 0.717) is 25.5 Å². The molecule has 2 rings (SSSR count). The lowest BCUT2D eigenvalue weighted by Crippen LogP contribution is -2.46. The van der Waals surface area contributed by atoms with E-state index in [1.165, 1.54) is 4.88 Å². The maximum Gasteiger partial charge on any atom is 0.391 e. The number of alkyl halides is 3. The van der Waals surface area contributed by atoms with Crippen LogP contribution in [0.15, 0.2) is 11.2 Å². The molecular formula is C16H26F3IN4S. The molecule has 2 unspecified atom stereocenters. The van der Waals surface area contributed by atoms with E-state index >= 15 is 0 Å². The largest absolute Gasteiger partial charge is 0.391 e. The highest BCUT2D eigenvalue weighted by atomic mass is 127. The Morgan fingerprint density at radius 2 is 2.16 bits per heavy atom. The fourth-order valence-electron chi connectivity index (χ4n) is 2.91. The van der Waals surface area contributed by atoms with E-state index in [1.807, 2.05) is 20.0 Å². The number of nitrogens with zero attached hydrogens (tertiary/aromatic N) is 2. The van der Waals surface area contributed by atoms with Crippen molar-refractivity contribution in [1.82, 2.24) is 15.6 Å². The summed E-state index contributed by atoms with van der Waals surface area (Å²) in [6.07, 6.45) is 0.191. The van der Waals surface area contributed by atoms with E-state index in [9.17, 15) is 13.2 Å². The van der Waals surface area contributed by atoms with Gasteiger partial charge >= 0.3 is 6.18 Å². The number of aromatic nitrogens is 1. The predicted octanol–water partition coefficient (Wildman–Crippen LogP) is 4.29. The number of aliphatic imine (C=N–C) groups is 1. The first-order chi connectivity index (χ1) is 11.4. The lowest BCUT2D eigenvalue weighted by molar-refractivity contribution is -0.183. The second-order valence-corrected chi connectivity index (χ2v) is 7.44. The van der Waals surface area contributed by atoms with Gasteiger partial charge in [-0.2, -0.15) is 13.2 Å². The Balaban J connectivity index is 0.00000312. The molecule has 1 aliphatic carbocycles. The summed E-state index contributed by atoms with van der Waals surface area (Å²) in [5, 5.41) is 7.32. The summed E-state index contributed by atoms with van der Waals surface area (Å²) in [5.41, 5.74) is 0. The number of nitrogens with one attached hydrogen (secondary N) is 2. The number of aryl methyl sites for hydroxylation is 1. The zero-order valence-electron chi connectivity index (χ0n) is 14.5. The van der Waals surface area contributed by atoms with Crippen LogP contribution in [0.2, 0.25) is 0 Å². The number of halogens is 4. The number of rotatable bonds is 5. The fraction of sp³-hybridized carbons (Fsp3) is 0.750. The Morgan fingerprint density at radius 3 is 2.76 bits per heavy atom. The van der Waals surface area contributed by atoms with Crippen LogP contribution >= 0.6 is 35.3 Å². The van der Waals surface area contributed by atoms with Crippen molar-refractivity contribution in [1.29, 1.82) is 0 Å². The van der Waals surface area contributed by atoms with Crippen LogP contribution in [0, 0.1) is 12.8 Å². The van der Waals surface area contributed by atoms with E-state index < -0.39 is 12.1 Å². The summed E-state index contributed by atoms with van der Waals surface area (Å²) in [7, 11) is 0. The lowest BCUT2D eigenvalue weighted by atomic mass is 9.85. The molecule has 2 atom stereocenters. The summed E-state index contributed by atoms with van der Waals surface area (Å²) in [5.74, 6) is -0.608. The minimum atomic E-state index is -4.10. The Hall–Kier alpha value is -0.580. The first kappa shape index (κ1) is 22.5. The van der Waals surface area contributed by atoms with Gasteiger partial charge in [-0.15, -0.1) is 35.3 Å². The summed E-state index contributed by atoms with van der Waals surface area (Å²) in [4.78, 5) is 9.94. The molecule has 0 aliphatic heterocycles.